The van der Waals surface area contributed by atoms with Gasteiger partial charge in [-0.1, -0.05) is 11.6 Å². The van der Waals surface area contributed by atoms with Crippen molar-refractivity contribution in [1.29, 1.82) is 0 Å². The number of fused-ring (bicyclic) bond motifs is 1. The third kappa shape index (κ3) is 2.48. The van der Waals surface area contributed by atoms with Gasteiger partial charge in [0.2, 0.25) is 0 Å². The van der Waals surface area contributed by atoms with Crippen molar-refractivity contribution in [1.82, 2.24) is 14.4 Å². The molecule has 0 saturated heterocycles. The molecule has 0 atom stereocenters. The normalized spacial score (nSPS) is 10.7. The SMILES string of the molecule is Cc1ccn2cc(C(=O)Oc3cncc(Cl)c3)nc2c1. The summed E-state index contributed by atoms with van der Waals surface area (Å²) in [6.07, 6.45) is 6.35. The smallest absolute Gasteiger partial charge is 0.364 e. The van der Waals surface area contributed by atoms with E-state index in [-0.39, 0.29) is 11.4 Å². The first-order valence-electron chi connectivity index (χ1n) is 5.90. The average molecular weight is 288 g/mol. The summed E-state index contributed by atoms with van der Waals surface area (Å²) >= 11 is 5.78. The number of aryl methyl sites for hydroxylation is 1. The highest BCUT2D eigenvalue weighted by Crippen LogP contribution is 2.17. The number of hydrogen-bond acceptors (Lipinski definition) is 4. The number of hydrogen-bond donors (Lipinski definition) is 0. The molecule has 100 valence electrons. The van der Waals surface area contributed by atoms with Crippen LogP contribution < -0.4 is 4.74 Å². The van der Waals surface area contributed by atoms with Gasteiger partial charge in [-0.25, -0.2) is 9.78 Å². The fourth-order valence-corrected chi connectivity index (χ4v) is 1.95. The summed E-state index contributed by atoms with van der Waals surface area (Å²) in [5, 5.41) is 0.404. The number of ether oxygens (including phenoxy) is 1. The summed E-state index contributed by atoms with van der Waals surface area (Å²) in [6, 6.07) is 5.34. The molecule has 0 saturated carbocycles. The molecule has 0 radical (unpaired) electrons. The van der Waals surface area contributed by atoms with Crippen molar-refractivity contribution >= 4 is 23.2 Å². The van der Waals surface area contributed by atoms with Gasteiger partial charge in [0.05, 0.1) is 11.2 Å². The number of carbonyl (C=O) groups excluding carboxylic acids is 1. The van der Waals surface area contributed by atoms with Crippen LogP contribution in [0.1, 0.15) is 16.1 Å². The minimum atomic E-state index is -0.546. The molecule has 3 aromatic rings. The molecular weight excluding hydrogens is 278 g/mol. The zero-order chi connectivity index (χ0) is 14.1. The Hall–Kier alpha value is -2.40. The summed E-state index contributed by atoms with van der Waals surface area (Å²) < 4.78 is 6.94. The van der Waals surface area contributed by atoms with Crippen LogP contribution in [-0.4, -0.2) is 20.3 Å². The minimum Gasteiger partial charge on any atom is -0.420 e. The van der Waals surface area contributed by atoms with Crippen LogP contribution in [0.4, 0.5) is 0 Å². The number of imidazole rings is 1. The maximum Gasteiger partial charge on any atom is 0.364 e. The van der Waals surface area contributed by atoms with Crippen LogP contribution >= 0.6 is 11.6 Å². The first kappa shape index (κ1) is 12.6. The number of aromatic nitrogens is 3. The standard InChI is InChI=1S/C14H10ClN3O2/c1-9-2-3-18-8-12(17-13(18)4-9)14(19)20-11-5-10(15)6-16-7-11/h2-8H,1H3. The molecule has 5 nitrogen and oxygen atoms in total. The molecule has 0 amide bonds. The maximum absolute atomic E-state index is 12.0. The lowest BCUT2D eigenvalue weighted by Crippen LogP contribution is -2.08. The van der Waals surface area contributed by atoms with Gasteiger partial charge in [0.1, 0.15) is 5.65 Å². The molecule has 0 bridgehead atoms. The summed E-state index contributed by atoms with van der Waals surface area (Å²) in [5.74, 6) is -0.258. The van der Waals surface area contributed by atoms with Gasteiger partial charge in [0, 0.05) is 24.7 Å². The number of pyridine rings is 2. The molecule has 0 spiro atoms. The van der Waals surface area contributed by atoms with Crippen LogP contribution in [0.5, 0.6) is 5.75 Å². The Morgan fingerprint density at radius 1 is 1.35 bits per heavy atom. The van der Waals surface area contributed by atoms with E-state index in [1.165, 1.54) is 18.5 Å². The topological polar surface area (TPSA) is 56.5 Å². The van der Waals surface area contributed by atoms with Crippen LogP contribution in [0, 0.1) is 6.92 Å². The average Bonchev–Trinajstić information content (AvgIpc) is 2.81. The van der Waals surface area contributed by atoms with Crippen molar-refractivity contribution in [3.8, 4) is 5.75 Å². The highest BCUT2D eigenvalue weighted by atomic mass is 35.5. The summed E-state index contributed by atoms with van der Waals surface area (Å²) in [7, 11) is 0. The fourth-order valence-electron chi connectivity index (χ4n) is 1.79. The number of esters is 1. The molecule has 0 aromatic carbocycles. The van der Waals surface area contributed by atoms with Crippen molar-refractivity contribution in [3.05, 3.63) is 59.3 Å². The Morgan fingerprint density at radius 2 is 2.20 bits per heavy atom. The quantitative estimate of drug-likeness (QED) is 0.680. The van der Waals surface area contributed by atoms with E-state index in [2.05, 4.69) is 9.97 Å². The maximum atomic E-state index is 12.0. The fraction of sp³-hybridized carbons (Fsp3) is 0.0714. The van der Waals surface area contributed by atoms with E-state index < -0.39 is 5.97 Å². The van der Waals surface area contributed by atoms with Crippen LogP contribution in [0.15, 0.2) is 43.0 Å². The van der Waals surface area contributed by atoms with E-state index >= 15 is 0 Å². The zero-order valence-electron chi connectivity index (χ0n) is 10.6. The Balaban J connectivity index is 1.88. The van der Waals surface area contributed by atoms with Crippen molar-refractivity contribution in [3.63, 3.8) is 0 Å². The van der Waals surface area contributed by atoms with Gasteiger partial charge in [-0.15, -0.1) is 0 Å². The molecule has 0 unspecified atom stereocenters. The van der Waals surface area contributed by atoms with Crippen LogP contribution in [-0.2, 0) is 0 Å². The zero-order valence-corrected chi connectivity index (χ0v) is 11.3. The van der Waals surface area contributed by atoms with Gasteiger partial charge >= 0.3 is 5.97 Å². The molecule has 20 heavy (non-hydrogen) atoms. The monoisotopic (exact) mass is 287 g/mol. The predicted molar refractivity (Wildman–Crippen MR) is 74.1 cm³/mol. The summed E-state index contributed by atoms with van der Waals surface area (Å²) in [4.78, 5) is 20.1. The molecular formula is C14H10ClN3O2. The van der Waals surface area contributed by atoms with Crippen molar-refractivity contribution in [2.45, 2.75) is 6.92 Å². The van der Waals surface area contributed by atoms with E-state index in [4.69, 9.17) is 16.3 Å². The molecule has 0 aliphatic heterocycles. The van der Waals surface area contributed by atoms with Gasteiger partial charge in [0.15, 0.2) is 11.4 Å². The van der Waals surface area contributed by atoms with Crippen molar-refractivity contribution < 1.29 is 9.53 Å². The van der Waals surface area contributed by atoms with Crippen molar-refractivity contribution in [2.24, 2.45) is 0 Å². The minimum absolute atomic E-state index is 0.232. The molecule has 3 rings (SSSR count). The molecule has 6 heteroatoms. The van der Waals surface area contributed by atoms with Crippen molar-refractivity contribution in [2.75, 3.05) is 0 Å². The van der Waals surface area contributed by atoms with Gasteiger partial charge in [-0.05, 0) is 24.6 Å². The molecule has 0 N–H and O–H groups in total. The van der Waals surface area contributed by atoms with E-state index in [0.29, 0.717) is 10.7 Å². The van der Waals surface area contributed by atoms with Gasteiger partial charge in [-0.2, -0.15) is 0 Å². The summed E-state index contributed by atoms with van der Waals surface area (Å²) in [6.45, 7) is 1.96. The number of rotatable bonds is 2. The predicted octanol–water partition coefficient (Wildman–Crippen LogP) is 2.91. The number of carbonyl (C=O) groups is 1. The lowest BCUT2D eigenvalue weighted by atomic mass is 10.3. The Morgan fingerprint density at radius 3 is 3.00 bits per heavy atom. The van der Waals surface area contributed by atoms with Crippen LogP contribution in [0.25, 0.3) is 5.65 Å². The first-order valence-corrected chi connectivity index (χ1v) is 6.28. The third-order valence-corrected chi connectivity index (χ3v) is 2.92. The molecule has 0 fully saturated rings. The second-order valence-corrected chi connectivity index (χ2v) is 4.76. The third-order valence-electron chi connectivity index (χ3n) is 2.72. The molecule has 3 aromatic heterocycles. The lowest BCUT2D eigenvalue weighted by molar-refractivity contribution is 0.0728. The largest absolute Gasteiger partial charge is 0.420 e. The Kier molecular flexibility index (Phi) is 3.12. The molecule has 3 heterocycles. The number of halogens is 1. The summed E-state index contributed by atoms with van der Waals surface area (Å²) in [5.41, 5.74) is 2.00. The molecule has 0 aliphatic rings. The second kappa shape index (κ2) is 4.94. The van der Waals surface area contributed by atoms with E-state index in [1.807, 2.05) is 25.3 Å². The van der Waals surface area contributed by atoms with E-state index in [0.717, 1.165) is 5.56 Å². The van der Waals surface area contributed by atoms with E-state index in [1.54, 1.807) is 10.6 Å². The number of nitrogens with zero attached hydrogens (tertiary/aromatic N) is 3. The Bertz CT molecular complexity index is 798. The highest BCUT2D eigenvalue weighted by Gasteiger charge is 2.13. The van der Waals surface area contributed by atoms with Gasteiger partial charge in [0.25, 0.3) is 0 Å². The van der Waals surface area contributed by atoms with Crippen LogP contribution in [0.2, 0.25) is 5.02 Å². The van der Waals surface area contributed by atoms with Crippen LogP contribution in [0.3, 0.4) is 0 Å². The Labute approximate surface area is 119 Å². The lowest BCUT2D eigenvalue weighted by Gasteiger charge is -2.01. The van der Waals surface area contributed by atoms with Gasteiger partial charge in [-0.3, -0.25) is 4.98 Å². The van der Waals surface area contributed by atoms with E-state index in [9.17, 15) is 4.79 Å². The molecule has 0 aliphatic carbocycles. The first-order chi connectivity index (χ1) is 9.61. The highest BCUT2D eigenvalue weighted by molar-refractivity contribution is 6.30. The second-order valence-electron chi connectivity index (χ2n) is 4.32. The van der Waals surface area contributed by atoms with Gasteiger partial charge < -0.3 is 9.14 Å².